The fourth-order valence-electron chi connectivity index (χ4n) is 1.56. The van der Waals surface area contributed by atoms with Crippen molar-refractivity contribution in [3.63, 3.8) is 0 Å². The molecule has 0 radical (unpaired) electrons. The molecule has 1 nitrogen and oxygen atoms in total. The smallest absolute Gasteiger partial charge is 0.124 e. The fourth-order valence-corrected chi connectivity index (χ4v) is 2.62. The predicted molar refractivity (Wildman–Crippen MR) is 64.3 cm³/mol. The molecule has 2 heteroatoms. The second-order valence-electron chi connectivity index (χ2n) is 3.43. The standard InChI is InChI=1S/C13H12OS/c1-10-12(7-8-14)9-13(15-10)11-5-3-2-4-6-11/h2-6,8-9H,7H2,1H3. The lowest BCUT2D eigenvalue weighted by atomic mass is 10.1. The number of aryl methyl sites for hydroxylation is 1. The van der Waals surface area contributed by atoms with Crippen molar-refractivity contribution in [1.82, 2.24) is 0 Å². The van der Waals surface area contributed by atoms with Crippen molar-refractivity contribution in [1.29, 1.82) is 0 Å². The molecule has 0 aliphatic heterocycles. The first kappa shape index (κ1) is 10.1. The highest BCUT2D eigenvalue weighted by molar-refractivity contribution is 7.15. The maximum Gasteiger partial charge on any atom is 0.124 e. The van der Waals surface area contributed by atoms with Gasteiger partial charge < -0.3 is 4.79 Å². The topological polar surface area (TPSA) is 17.1 Å². The third kappa shape index (κ3) is 2.16. The van der Waals surface area contributed by atoms with Gasteiger partial charge in [0.2, 0.25) is 0 Å². The van der Waals surface area contributed by atoms with Gasteiger partial charge in [-0.3, -0.25) is 0 Å². The maximum atomic E-state index is 10.5. The number of carbonyl (C=O) groups is 1. The van der Waals surface area contributed by atoms with Crippen molar-refractivity contribution < 1.29 is 4.79 Å². The summed E-state index contributed by atoms with van der Waals surface area (Å²) in [6, 6.07) is 12.4. The Hall–Kier alpha value is -1.41. The molecule has 1 aromatic heterocycles. The molecule has 0 unspecified atom stereocenters. The lowest BCUT2D eigenvalue weighted by Crippen LogP contribution is -1.83. The molecule has 0 saturated carbocycles. The first-order chi connectivity index (χ1) is 7.31. The van der Waals surface area contributed by atoms with Gasteiger partial charge in [-0.05, 0) is 24.1 Å². The van der Waals surface area contributed by atoms with E-state index in [-0.39, 0.29) is 0 Å². The Morgan fingerprint density at radius 3 is 2.67 bits per heavy atom. The highest BCUT2D eigenvalue weighted by atomic mass is 32.1. The number of carbonyl (C=O) groups excluding carboxylic acids is 1. The summed E-state index contributed by atoms with van der Waals surface area (Å²) in [7, 11) is 0. The van der Waals surface area contributed by atoms with Crippen LogP contribution in [-0.4, -0.2) is 6.29 Å². The van der Waals surface area contributed by atoms with E-state index >= 15 is 0 Å². The minimum absolute atomic E-state index is 0.523. The molecule has 0 bridgehead atoms. The summed E-state index contributed by atoms with van der Waals surface area (Å²) < 4.78 is 0. The molecule has 0 N–H and O–H groups in total. The lowest BCUT2D eigenvalue weighted by Gasteiger charge is -1.94. The van der Waals surface area contributed by atoms with Crippen LogP contribution < -0.4 is 0 Å². The van der Waals surface area contributed by atoms with Crippen LogP contribution in [0.5, 0.6) is 0 Å². The summed E-state index contributed by atoms with van der Waals surface area (Å²) in [5.74, 6) is 0. The monoisotopic (exact) mass is 216 g/mol. The Labute approximate surface area is 93.4 Å². The molecule has 0 aliphatic carbocycles. The van der Waals surface area contributed by atoms with Crippen LogP contribution in [0.1, 0.15) is 10.4 Å². The van der Waals surface area contributed by atoms with Crippen molar-refractivity contribution in [2.24, 2.45) is 0 Å². The summed E-state index contributed by atoms with van der Waals surface area (Å²) in [5, 5.41) is 0. The SMILES string of the molecule is Cc1sc(-c2ccccc2)cc1CC=O. The molecule has 0 aliphatic rings. The molecule has 0 fully saturated rings. The van der Waals surface area contributed by atoms with E-state index in [1.54, 1.807) is 11.3 Å². The van der Waals surface area contributed by atoms with Gasteiger partial charge in [0.25, 0.3) is 0 Å². The van der Waals surface area contributed by atoms with Gasteiger partial charge in [-0.2, -0.15) is 0 Å². The fraction of sp³-hybridized carbons (Fsp3) is 0.154. The second-order valence-corrected chi connectivity index (χ2v) is 4.69. The van der Waals surface area contributed by atoms with Crippen LogP contribution in [0.2, 0.25) is 0 Å². The first-order valence-corrected chi connectivity index (χ1v) is 5.71. The van der Waals surface area contributed by atoms with Crippen LogP contribution >= 0.6 is 11.3 Å². The zero-order valence-corrected chi connectivity index (χ0v) is 9.38. The molecule has 76 valence electrons. The van der Waals surface area contributed by atoms with E-state index in [0.29, 0.717) is 6.42 Å². The predicted octanol–water partition coefficient (Wildman–Crippen LogP) is 3.46. The molecule has 15 heavy (non-hydrogen) atoms. The van der Waals surface area contributed by atoms with Crippen LogP contribution in [0.15, 0.2) is 36.4 Å². The Morgan fingerprint density at radius 1 is 1.27 bits per heavy atom. The Bertz CT molecular complexity index is 457. The number of aldehydes is 1. The van der Waals surface area contributed by atoms with E-state index in [1.807, 2.05) is 18.2 Å². The van der Waals surface area contributed by atoms with Crippen LogP contribution in [0, 0.1) is 6.92 Å². The van der Waals surface area contributed by atoms with Gasteiger partial charge in [-0.25, -0.2) is 0 Å². The lowest BCUT2D eigenvalue weighted by molar-refractivity contribution is -0.107. The number of hydrogen-bond donors (Lipinski definition) is 0. The quantitative estimate of drug-likeness (QED) is 0.718. The van der Waals surface area contributed by atoms with Crippen LogP contribution in [0.3, 0.4) is 0 Å². The molecule has 0 amide bonds. The van der Waals surface area contributed by atoms with Crippen molar-refractivity contribution in [3.8, 4) is 10.4 Å². The highest BCUT2D eigenvalue weighted by Gasteiger charge is 2.06. The number of benzene rings is 1. The number of thiophene rings is 1. The zero-order valence-electron chi connectivity index (χ0n) is 8.57. The maximum absolute atomic E-state index is 10.5. The van der Waals surface area contributed by atoms with Crippen molar-refractivity contribution >= 4 is 17.6 Å². The van der Waals surface area contributed by atoms with Gasteiger partial charge in [0.15, 0.2) is 0 Å². The average Bonchev–Trinajstić information content (AvgIpc) is 2.63. The molecule has 2 rings (SSSR count). The third-order valence-electron chi connectivity index (χ3n) is 2.38. The molecular weight excluding hydrogens is 204 g/mol. The van der Waals surface area contributed by atoms with Crippen LogP contribution in [0.4, 0.5) is 0 Å². The average molecular weight is 216 g/mol. The Balaban J connectivity index is 2.38. The van der Waals surface area contributed by atoms with Crippen molar-refractivity contribution in [2.75, 3.05) is 0 Å². The van der Waals surface area contributed by atoms with Gasteiger partial charge in [-0.1, -0.05) is 30.3 Å². The Kier molecular flexibility index (Phi) is 2.97. The van der Waals surface area contributed by atoms with Crippen LogP contribution in [-0.2, 0) is 11.2 Å². The largest absolute Gasteiger partial charge is 0.303 e. The number of hydrogen-bond acceptors (Lipinski definition) is 2. The summed E-state index contributed by atoms with van der Waals surface area (Å²) in [5.41, 5.74) is 2.37. The van der Waals surface area contributed by atoms with Crippen molar-refractivity contribution in [3.05, 3.63) is 46.8 Å². The minimum Gasteiger partial charge on any atom is -0.303 e. The van der Waals surface area contributed by atoms with E-state index < -0.39 is 0 Å². The van der Waals surface area contributed by atoms with Crippen LogP contribution in [0.25, 0.3) is 10.4 Å². The van der Waals surface area contributed by atoms with Gasteiger partial charge >= 0.3 is 0 Å². The number of rotatable bonds is 3. The summed E-state index contributed by atoms with van der Waals surface area (Å²) in [4.78, 5) is 13.0. The molecule has 0 saturated heterocycles. The first-order valence-electron chi connectivity index (χ1n) is 4.89. The van der Waals surface area contributed by atoms with Gasteiger partial charge in [0, 0.05) is 16.2 Å². The Morgan fingerprint density at radius 2 is 2.00 bits per heavy atom. The van der Waals surface area contributed by atoms with Gasteiger partial charge in [0.05, 0.1) is 0 Å². The van der Waals surface area contributed by atoms with Crippen molar-refractivity contribution in [2.45, 2.75) is 13.3 Å². The molecule has 2 aromatic rings. The third-order valence-corrected chi connectivity index (χ3v) is 3.52. The van der Waals surface area contributed by atoms with E-state index in [9.17, 15) is 4.79 Å². The molecule has 1 heterocycles. The van der Waals surface area contributed by atoms with E-state index in [4.69, 9.17) is 0 Å². The van der Waals surface area contributed by atoms with E-state index in [1.165, 1.54) is 15.3 Å². The highest BCUT2D eigenvalue weighted by Crippen LogP contribution is 2.30. The van der Waals surface area contributed by atoms with E-state index in [0.717, 1.165) is 11.8 Å². The minimum atomic E-state index is 0.523. The van der Waals surface area contributed by atoms with E-state index in [2.05, 4.69) is 25.1 Å². The van der Waals surface area contributed by atoms with Gasteiger partial charge in [-0.15, -0.1) is 11.3 Å². The summed E-state index contributed by atoms with van der Waals surface area (Å²) in [6.45, 7) is 2.07. The zero-order chi connectivity index (χ0) is 10.7. The molecule has 0 spiro atoms. The second kappa shape index (κ2) is 4.41. The molecular formula is C13H12OS. The molecule has 1 aromatic carbocycles. The van der Waals surface area contributed by atoms with Gasteiger partial charge in [0.1, 0.15) is 6.29 Å². The molecule has 0 atom stereocenters. The normalized spacial score (nSPS) is 10.2. The summed E-state index contributed by atoms with van der Waals surface area (Å²) >= 11 is 1.75. The summed E-state index contributed by atoms with van der Waals surface area (Å²) in [6.07, 6.45) is 1.49.